The van der Waals surface area contributed by atoms with Gasteiger partial charge in [0.25, 0.3) is 0 Å². The topological polar surface area (TPSA) is 72.5 Å². The van der Waals surface area contributed by atoms with Gasteiger partial charge < -0.3 is 28.4 Å². The van der Waals surface area contributed by atoms with Crippen LogP contribution in [-0.4, -0.2) is 48.1 Å². The Morgan fingerprint density at radius 2 is 1.31 bits per heavy atom. The fourth-order valence-corrected chi connectivity index (χ4v) is 4.37. The van der Waals surface area contributed by atoms with Crippen LogP contribution in [0, 0.1) is 5.92 Å². The third-order valence-corrected chi connectivity index (χ3v) is 5.88. The molecule has 174 valence electrons. The van der Waals surface area contributed by atoms with Gasteiger partial charge in [0.2, 0.25) is 11.5 Å². The number of esters is 1. The molecule has 0 radical (unpaired) electrons. The molecule has 0 unspecified atom stereocenters. The molecule has 0 saturated heterocycles. The van der Waals surface area contributed by atoms with Crippen molar-refractivity contribution < 1.29 is 33.2 Å². The van der Waals surface area contributed by atoms with Gasteiger partial charge in [-0.25, -0.2) is 4.79 Å². The maximum Gasteiger partial charge on any atom is 0.337 e. The minimum Gasteiger partial charge on any atom is -0.494 e. The zero-order valence-electron chi connectivity index (χ0n) is 19.5. The number of rotatable bonds is 11. The van der Waals surface area contributed by atoms with E-state index in [1.807, 2.05) is 0 Å². The number of benzene rings is 2. The lowest BCUT2D eigenvalue weighted by Crippen LogP contribution is -2.03. The molecule has 0 atom stereocenters. The summed E-state index contributed by atoms with van der Waals surface area (Å²) in [5.74, 6) is 3.54. The molecule has 1 aliphatic carbocycles. The van der Waals surface area contributed by atoms with Crippen LogP contribution in [0.5, 0.6) is 28.7 Å². The lowest BCUT2D eigenvalue weighted by molar-refractivity contribution is 0.0600. The van der Waals surface area contributed by atoms with Crippen molar-refractivity contribution in [2.24, 2.45) is 5.92 Å². The minimum absolute atomic E-state index is 0.349. The summed E-state index contributed by atoms with van der Waals surface area (Å²) in [6, 6.07) is 7.00. The first-order chi connectivity index (χ1) is 15.6. The zero-order chi connectivity index (χ0) is 23.1. The molecule has 0 spiro atoms. The quantitative estimate of drug-likeness (QED) is 0.374. The van der Waals surface area contributed by atoms with Crippen molar-refractivity contribution in [3.63, 3.8) is 0 Å². The highest BCUT2D eigenvalue weighted by atomic mass is 16.5. The number of carbonyl (C=O) groups excluding carboxylic acids is 1. The summed E-state index contributed by atoms with van der Waals surface area (Å²) in [4.78, 5) is 11.5. The molecule has 2 aromatic carbocycles. The molecular weight excluding hydrogens is 412 g/mol. The monoisotopic (exact) mass is 444 g/mol. The summed E-state index contributed by atoms with van der Waals surface area (Å²) in [5, 5.41) is 0. The number of ether oxygens (including phenoxy) is 6. The molecule has 0 saturated carbocycles. The lowest BCUT2D eigenvalue weighted by Gasteiger charge is -2.19. The van der Waals surface area contributed by atoms with E-state index in [2.05, 4.69) is 0 Å². The van der Waals surface area contributed by atoms with Crippen molar-refractivity contribution in [1.29, 1.82) is 0 Å². The van der Waals surface area contributed by atoms with Crippen molar-refractivity contribution in [2.75, 3.05) is 42.2 Å². The van der Waals surface area contributed by atoms with E-state index in [4.69, 9.17) is 28.4 Å². The summed E-state index contributed by atoms with van der Waals surface area (Å²) < 4.78 is 33.0. The Hall–Kier alpha value is -3.09. The Balaban J connectivity index is 1.54. The van der Waals surface area contributed by atoms with E-state index in [0.717, 1.165) is 60.5 Å². The smallest absolute Gasteiger partial charge is 0.337 e. The van der Waals surface area contributed by atoms with Crippen molar-refractivity contribution in [3.8, 4) is 28.7 Å². The third kappa shape index (κ3) is 4.87. The van der Waals surface area contributed by atoms with Gasteiger partial charge in [0.05, 0.1) is 47.7 Å². The van der Waals surface area contributed by atoms with Gasteiger partial charge >= 0.3 is 5.97 Å². The van der Waals surface area contributed by atoms with Gasteiger partial charge in [0.1, 0.15) is 5.75 Å². The molecule has 1 aliphatic rings. The summed E-state index contributed by atoms with van der Waals surface area (Å²) >= 11 is 0. The van der Waals surface area contributed by atoms with Gasteiger partial charge in [0.15, 0.2) is 11.5 Å². The molecular formula is C25H32O7. The summed E-state index contributed by atoms with van der Waals surface area (Å²) in [6.07, 6.45) is 4.93. The fourth-order valence-electron chi connectivity index (χ4n) is 4.37. The van der Waals surface area contributed by atoms with Crippen LogP contribution >= 0.6 is 0 Å². The number of methoxy groups -OCH3 is 5. The maximum absolute atomic E-state index is 11.5. The normalized spacial score (nSPS) is 12.8. The van der Waals surface area contributed by atoms with Crippen LogP contribution in [0.25, 0.3) is 0 Å². The van der Waals surface area contributed by atoms with E-state index in [1.165, 1.54) is 7.11 Å². The molecule has 7 heteroatoms. The van der Waals surface area contributed by atoms with Gasteiger partial charge in [-0.05, 0) is 62.3 Å². The predicted octanol–water partition coefficient (Wildman–Crippen LogP) is 4.47. The van der Waals surface area contributed by atoms with E-state index in [0.29, 0.717) is 29.6 Å². The van der Waals surface area contributed by atoms with Crippen molar-refractivity contribution in [1.82, 2.24) is 0 Å². The van der Waals surface area contributed by atoms with Gasteiger partial charge in [-0.3, -0.25) is 0 Å². The van der Waals surface area contributed by atoms with Gasteiger partial charge in [-0.2, -0.15) is 0 Å². The first-order valence-electron chi connectivity index (χ1n) is 10.8. The summed E-state index contributed by atoms with van der Waals surface area (Å²) in [5.41, 5.74) is 2.81. The molecule has 0 fully saturated rings. The van der Waals surface area contributed by atoms with Crippen molar-refractivity contribution in [2.45, 2.75) is 32.1 Å². The molecule has 0 N–H and O–H groups in total. The largest absolute Gasteiger partial charge is 0.494 e. The number of hydrogen-bond acceptors (Lipinski definition) is 7. The van der Waals surface area contributed by atoms with Crippen LogP contribution in [0.1, 0.15) is 40.7 Å². The first-order valence-corrected chi connectivity index (χ1v) is 10.8. The molecule has 3 rings (SSSR count). The Bertz CT molecular complexity index is 880. The van der Waals surface area contributed by atoms with Crippen LogP contribution in [0.4, 0.5) is 0 Å². The number of fused-ring (bicyclic) bond motifs is 1. The SMILES string of the molecule is COC(=O)c1ccc(OCCCCC2Cc3c(c(OC)c(OC)c(OC)c3OC)C2)cc1. The number of carbonyl (C=O) groups is 1. The number of hydrogen-bond donors (Lipinski definition) is 0. The zero-order valence-corrected chi connectivity index (χ0v) is 19.5. The molecule has 32 heavy (non-hydrogen) atoms. The molecule has 7 nitrogen and oxygen atoms in total. The standard InChI is InChI=1S/C25H32O7/c1-27-21-19-14-16(15-20(19)22(28-2)24(30-4)23(21)29-3)8-6-7-13-32-18-11-9-17(10-12-18)25(26)31-5/h9-12,16H,6-8,13-15H2,1-5H3. The predicted molar refractivity (Wildman–Crippen MR) is 121 cm³/mol. The Labute approximate surface area is 189 Å². The molecule has 0 bridgehead atoms. The Morgan fingerprint density at radius 3 is 1.78 bits per heavy atom. The Kier molecular flexibility index (Phi) is 8.09. The van der Waals surface area contributed by atoms with E-state index in [-0.39, 0.29) is 5.97 Å². The highest BCUT2D eigenvalue weighted by Gasteiger charge is 2.33. The average molecular weight is 445 g/mol. The van der Waals surface area contributed by atoms with Gasteiger partial charge in [-0.15, -0.1) is 0 Å². The summed E-state index contributed by atoms with van der Waals surface area (Å²) in [7, 11) is 7.91. The summed E-state index contributed by atoms with van der Waals surface area (Å²) in [6.45, 7) is 0.630. The first kappa shape index (κ1) is 23.6. The van der Waals surface area contributed by atoms with Crippen LogP contribution < -0.4 is 23.7 Å². The Morgan fingerprint density at radius 1 is 0.781 bits per heavy atom. The van der Waals surface area contributed by atoms with E-state index < -0.39 is 0 Å². The second-order valence-electron chi connectivity index (χ2n) is 7.72. The third-order valence-electron chi connectivity index (χ3n) is 5.88. The molecule has 0 aliphatic heterocycles. The van der Waals surface area contributed by atoms with Crippen LogP contribution in [0.3, 0.4) is 0 Å². The fraction of sp³-hybridized carbons (Fsp3) is 0.480. The maximum atomic E-state index is 11.5. The van der Waals surface area contributed by atoms with E-state index >= 15 is 0 Å². The van der Waals surface area contributed by atoms with Gasteiger partial charge in [0, 0.05) is 11.1 Å². The van der Waals surface area contributed by atoms with Crippen LogP contribution in [0.15, 0.2) is 24.3 Å². The van der Waals surface area contributed by atoms with E-state index in [1.54, 1.807) is 52.7 Å². The second kappa shape index (κ2) is 11.0. The van der Waals surface area contributed by atoms with Crippen molar-refractivity contribution in [3.05, 3.63) is 41.0 Å². The number of unbranched alkanes of at least 4 members (excludes halogenated alkanes) is 1. The molecule has 0 aromatic heterocycles. The molecule has 0 heterocycles. The van der Waals surface area contributed by atoms with Crippen LogP contribution in [-0.2, 0) is 17.6 Å². The average Bonchev–Trinajstić information content (AvgIpc) is 3.25. The second-order valence-corrected chi connectivity index (χ2v) is 7.72. The molecule has 0 amide bonds. The highest BCUT2D eigenvalue weighted by Crippen LogP contribution is 2.53. The molecule has 2 aromatic rings. The van der Waals surface area contributed by atoms with Crippen molar-refractivity contribution >= 4 is 5.97 Å². The van der Waals surface area contributed by atoms with Gasteiger partial charge in [-0.1, -0.05) is 0 Å². The van der Waals surface area contributed by atoms with E-state index in [9.17, 15) is 4.79 Å². The lowest BCUT2D eigenvalue weighted by atomic mass is 9.99. The minimum atomic E-state index is -0.349. The highest BCUT2D eigenvalue weighted by molar-refractivity contribution is 5.89. The van der Waals surface area contributed by atoms with Crippen LogP contribution in [0.2, 0.25) is 0 Å².